The molecule has 86 valence electrons. The zero-order valence-electron chi connectivity index (χ0n) is 7.99. The van der Waals surface area contributed by atoms with Crippen LogP contribution in [0.5, 0.6) is 0 Å². The van der Waals surface area contributed by atoms with Crippen molar-refractivity contribution in [3.63, 3.8) is 0 Å². The summed E-state index contributed by atoms with van der Waals surface area (Å²) in [7, 11) is 0. The third kappa shape index (κ3) is 105. The average molecular weight is 341 g/mol. The van der Waals surface area contributed by atoms with Crippen molar-refractivity contribution in [1.29, 1.82) is 0 Å². The summed E-state index contributed by atoms with van der Waals surface area (Å²) in [6, 6.07) is 0. The monoisotopic (exact) mass is 340 g/mol. The molecule has 0 atom stereocenters. The van der Waals surface area contributed by atoms with Crippen molar-refractivity contribution in [2.75, 3.05) is 5.75 Å². The Balaban J connectivity index is -0.000000163. The van der Waals surface area contributed by atoms with Crippen LogP contribution in [-0.2, 0) is 0 Å². The molecule has 0 aromatic heterocycles. The molecule has 0 aromatic rings. The van der Waals surface area contributed by atoms with Crippen LogP contribution < -0.4 is 0 Å². The van der Waals surface area contributed by atoms with E-state index in [9.17, 15) is 16.9 Å². The minimum Gasteiger partial charge on any atom is 1.00 e. The van der Waals surface area contributed by atoms with Gasteiger partial charge in [-0.2, -0.15) is 12.6 Å². The smallest absolute Gasteiger partial charge is 1.00 e. The Morgan fingerprint density at radius 1 is 1.00 bits per heavy atom. The second-order valence-corrected chi connectivity index (χ2v) is 8.31. The standard InChI is InChI=1S/C5H12S.6FH.Sb/c1-2-3-4-5-6;;;;;;;/h6H,2-5H2,1H3;6*1H;/q;;;;;;;+5/p-5. The summed E-state index contributed by atoms with van der Waals surface area (Å²) in [4.78, 5) is 0. The summed E-state index contributed by atoms with van der Waals surface area (Å²) in [5, 5.41) is 0. The summed E-state index contributed by atoms with van der Waals surface area (Å²) >= 11 is -7.20. The molecule has 0 heterocycles. The molecule has 0 aromatic carbocycles. The van der Waals surface area contributed by atoms with E-state index in [-0.39, 0.29) is 1.43 Å². The molecule has 0 N–H and O–H groups in total. The number of rotatable bonds is 3. The first-order chi connectivity index (χ1) is 5.36. The quantitative estimate of drug-likeness (QED) is 0.335. The molecule has 0 bridgehead atoms. The summed E-state index contributed by atoms with van der Waals surface area (Å²) < 4.78 is 59.6. The van der Waals surface area contributed by atoms with E-state index in [0.717, 1.165) is 5.75 Å². The van der Waals surface area contributed by atoms with Gasteiger partial charge < -0.3 is 0 Å². The van der Waals surface area contributed by atoms with E-state index < -0.39 is 19.5 Å². The zero-order chi connectivity index (χ0) is 11.2. The van der Waals surface area contributed by atoms with Crippen LogP contribution >= 0.6 is 12.6 Å². The molecular formula is C5H13F6SSb. The topological polar surface area (TPSA) is 0 Å². The van der Waals surface area contributed by atoms with Gasteiger partial charge in [-0.05, 0) is 12.2 Å². The SMILES string of the molecule is CCCCCS.[F][Sb-]([F])([F])([F])([F])[F].[H+]. The Hall–Kier alpha value is 0.748. The van der Waals surface area contributed by atoms with Crippen LogP contribution in [0.3, 0.4) is 0 Å². The van der Waals surface area contributed by atoms with Gasteiger partial charge in [-0.3, -0.25) is 0 Å². The molecule has 0 nitrogen and oxygen atoms in total. The van der Waals surface area contributed by atoms with Gasteiger partial charge in [0.05, 0.1) is 0 Å². The van der Waals surface area contributed by atoms with Gasteiger partial charge in [0.25, 0.3) is 0 Å². The Morgan fingerprint density at radius 2 is 1.31 bits per heavy atom. The Morgan fingerprint density at radius 3 is 1.38 bits per heavy atom. The summed E-state index contributed by atoms with van der Waals surface area (Å²) in [5.74, 6) is 1.05. The van der Waals surface area contributed by atoms with Crippen LogP contribution in [0.2, 0.25) is 0 Å². The second kappa shape index (κ2) is 4.51. The molecule has 13 heavy (non-hydrogen) atoms. The van der Waals surface area contributed by atoms with E-state index in [1.54, 1.807) is 0 Å². The van der Waals surface area contributed by atoms with Gasteiger partial charge in [-0.15, -0.1) is 0 Å². The van der Waals surface area contributed by atoms with Gasteiger partial charge in [0, 0.05) is 0 Å². The molecular weight excluding hydrogens is 328 g/mol. The van der Waals surface area contributed by atoms with Crippen molar-refractivity contribution in [2.24, 2.45) is 0 Å². The molecule has 0 fully saturated rings. The predicted octanol–water partition coefficient (Wildman–Crippen LogP) is 4.36. The fourth-order valence-corrected chi connectivity index (χ4v) is 0.585. The maximum Gasteiger partial charge on any atom is 1.00 e. The summed E-state index contributed by atoms with van der Waals surface area (Å²) in [6.45, 7) is 2.20. The summed E-state index contributed by atoms with van der Waals surface area (Å²) in [5.41, 5.74) is 0. The van der Waals surface area contributed by atoms with Crippen LogP contribution in [0.4, 0.5) is 16.9 Å². The first-order valence-corrected chi connectivity index (χ1v) is 9.96. The number of thiol groups is 1. The normalized spacial score (nSPS) is 16.6. The summed E-state index contributed by atoms with van der Waals surface area (Å²) in [6.07, 6.45) is 3.92. The predicted molar refractivity (Wildman–Crippen MR) is 46.9 cm³/mol. The van der Waals surface area contributed by atoms with Crippen molar-refractivity contribution >= 4 is 32.1 Å². The number of hydrogen-bond donors (Lipinski definition) is 1. The Labute approximate surface area is 82.5 Å². The molecule has 0 radical (unpaired) electrons. The number of hydrogen-bond acceptors (Lipinski definition) is 1. The van der Waals surface area contributed by atoms with Crippen molar-refractivity contribution < 1.29 is 18.3 Å². The molecule has 0 rings (SSSR count). The molecule has 0 saturated heterocycles. The van der Waals surface area contributed by atoms with Crippen molar-refractivity contribution in [1.82, 2.24) is 0 Å². The zero-order valence-corrected chi connectivity index (χ0v) is 10.4. The van der Waals surface area contributed by atoms with Crippen LogP contribution in [0.25, 0.3) is 0 Å². The van der Waals surface area contributed by atoms with Crippen LogP contribution in [0.1, 0.15) is 27.6 Å². The second-order valence-electron chi connectivity index (χ2n) is 2.39. The van der Waals surface area contributed by atoms with Crippen LogP contribution in [0, 0.1) is 0 Å². The number of unbranched alkanes of at least 4 members (excludes halogenated alkanes) is 2. The molecule has 0 aliphatic carbocycles. The first kappa shape index (κ1) is 16.2. The van der Waals surface area contributed by atoms with Gasteiger partial charge in [-0.25, -0.2) is 0 Å². The van der Waals surface area contributed by atoms with E-state index in [4.69, 9.17) is 0 Å². The van der Waals surface area contributed by atoms with Gasteiger partial charge in [0.1, 0.15) is 0 Å². The molecule has 0 aliphatic heterocycles. The van der Waals surface area contributed by atoms with Crippen molar-refractivity contribution in [2.45, 2.75) is 26.2 Å². The molecule has 0 aliphatic rings. The van der Waals surface area contributed by atoms with Crippen molar-refractivity contribution in [3.8, 4) is 0 Å². The van der Waals surface area contributed by atoms with Crippen molar-refractivity contribution in [3.05, 3.63) is 0 Å². The molecule has 8 heteroatoms. The Bertz CT molecular complexity index is 125. The van der Waals surface area contributed by atoms with Gasteiger partial charge >= 0.3 is 37.8 Å². The van der Waals surface area contributed by atoms with E-state index in [2.05, 4.69) is 19.6 Å². The molecule has 0 amide bonds. The largest absolute Gasteiger partial charge is 1.00 e. The van der Waals surface area contributed by atoms with Crippen LogP contribution in [0.15, 0.2) is 0 Å². The molecule has 0 spiro atoms. The van der Waals surface area contributed by atoms with Gasteiger partial charge in [0.2, 0.25) is 0 Å². The van der Waals surface area contributed by atoms with Gasteiger partial charge in [-0.1, -0.05) is 19.8 Å². The van der Waals surface area contributed by atoms with E-state index in [0.29, 0.717) is 0 Å². The minimum absolute atomic E-state index is 0. The fraction of sp³-hybridized carbons (Fsp3) is 1.00. The molecule has 0 unspecified atom stereocenters. The van der Waals surface area contributed by atoms with E-state index in [1.165, 1.54) is 19.3 Å². The Kier molecular flexibility index (Phi) is 5.62. The third-order valence-corrected chi connectivity index (χ3v) is 1.08. The van der Waals surface area contributed by atoms with E-state index in [1.807, 2.05) is 0 Å². The fourth-order valence-electron chi connectivity index (χ4n) is 0.362. The minimum atomic E-state index is -11.2. The maximum atomic E-state index is 9.93. The average Bonchev–Trinajstić information content (AvgIpc) is 1.76. The first-order valence-electron chi connectivity index (χ1n) is 3.54. The van der Waals surface area contributed by atoms with Gasteiger partial charge in [0.15, 0.2) is 0 Å². The molecule has 0 saturated carbocycles. The van der Waals surface area contributed by atoms with E-state index >= 15 is 0 Å². The van der Waals surface area contributed by atoms with Crippen LogP contribution in [-0.4, -0.2) is 25.2 Å². The third-order valence-electron chi connectivity index (χ3n) is 0.762. The number of halogens is 6. The maximum absolute atomic E-state index is 11.2.